The SMILES string of the molecule is COc1cccc(-c2ccc(N3CCCN(C(=O)CN(Cc4ccccc4)C(=O)C4CCC4)CC3)nn2)c1. The number of hydrogen-bond donors (Lipinski definition) is 0. The summed E-state index contributed by atoms with van der Waals surface area (Å²) in [7, 11) is 1.65. The predicted molar refractivity (Wildman–Crippen MR) is 147 cm³/mol. The van der Waals surface area contributed by atoms with E-state index < -0.39 is 0 Å². The quantitative estimate of drug-likeness (QED) is 0.453. The lowest BCUT2D eigenvalue weighted by atomic mass is 9.84. The minimum atomic E-state index is 0.00918. The summed E-state index contributed by atoms with van der Waals surface area (Å²) in [5.41, 5.74) is 2.78. The number of benzene rings is 2. The van der Waals surface area contributed by atoms with Gasteiger partial charge in [-0.3, -0.25) is 9.59 Å². The van der Waals surface area contributed by atoms with Crippen LogP contribution in [0.1, 0.15) is 31.2 Å². The van der Waals surface area contributed by atoms with Crippen molar-refractivity contribution in [1.82, 2.24) is 20.0 Å². The number of anilines is 1. The number of carbonyl (C=O) groups excluding carboxylic acids is 2. The molecule has 1 aliphatic heterocycles. The Morgan fingerprint density at radius 2 is 1.76 bits per heavy atom. The van der Waals surface area contributed by atoms with Gasteiger partial charge in [0.05, 0.1) is 12.8 Å². The van der Waals surface area contributed by atoms with E-state index >= 15 is 0 Å². The monoisotopic (exact) mass is 513 g/mol. The van der Waals surface area contributed by atoms with Crippen molar-refractivity contribution in [2.45, 2.75) is 32.2 Å². The van der Waals surface area contributed by atoms with Crippen molar-refractivity contribution in [3.8, 4) is 17.0 Å². The molecular weight excluding hydrogens is 478 g/mol. The maximum atomic E-state index is 13.4. The summed E-state index contributed by atoms with van der Waals surface area (Å²) in [4.78, 5) is 32.3. The fourth-order valence-corrected chi connectivity index (χ4v) is 5.02. The first-order valence-corrected chi connectivity index (χ1v) is 13.4. The number of nitrogens with zero attached hydrogens (tertiary/aromatic N) is 5. The topological polar surface area (TPSA) is 78.9 Å². The van der Waals surface area contributed by atoms with E-state index in [2.05, 4.69) is 15.1 Å². The smallest absolute Gasteiger partial charge is 0.242 e. The minimum Gasteiger partial charge on any atom is -0.497 e. The molecule has 0 spiro atoms. The number of hydrogen-bond acceptors (Lipinski definition) is 6. The zero-order valence-corrected chi connectivity index (χ0v) is 22.0. The molecule has 8 heteroatoms. The van der Waals surface area contributed by atoms with Gasteiger partial charge in [-0.15, -0.1) is 10.2 Å². The molecule has 1 aromatic heterocycles. The minimum absolute atomic E-state index is 0.00918. The van der Waals surface area contributed by atoms with E-state index in [0.717, 1.165) is 60.6 Å². The first-order valence-electron chi connectivity index (χ1n) is 13.4. The normalized spacial score (nSPS) is 15.9. The van der Waals surface area contributed by atoms with Crippen LogP contribution in [0.2, 0.25) is 0 Å². The summed E-state index contributed by atoms with van der Waals surface area (Å²) in [5, 5.41) is 8.92. The predicted octanol–water partition coefficient (Wildman–Crippen LogP) is 4.02. The molecule has 1 aliphatic carbocycles. The van der Waals surface area contributed by atoms with Crippen LogP contribution in [0.4, 0.5) is 5.82 Å². The average molecular weight is 514 g/mol. The van der Waals surface area contributed by atoms with Crippen molar-refractivity contribution in [2.24, 2.45) is 5.92 Å². The largest absolute Gasteiger partial charge is 0.497 e. The van der Waals surface area contributed by atoms with Gasteiger partial charge in [0.15, 0.2) is 5.82 Å². The van der Waals surface area contributed by atoms with Crippen molar-refractivity contribution in [2.75, 3.05) is 44.7 Å². The van der Waals surface area contributed by atoms with Gasteiger partial charge in [-0.1, -0.05) is 48.9 Å². The molecule has 1 saturated carbocycles. The number of amides is 2. The first-order chi connectivity index (χ1) is 18.6. The van der Waals surface area contributed by atoms with Crippen LogP contribution >= 0.6 is 0 Å². The van der Waals surface area contributed by atoms with Gasteiger partial charge in [0, 0.05) is 44.2 Å². The molecule has 5 rings (SSSR count). The summed E-state index contributed by atoms with van der Waals surface area (Å²) >= 11 is 0. The van der Waals surface area contributed by atoms with Crippen molar-refractivity contribution in [1.29, 1.82) is 0 Å². The maximum Gasteiger partial charge on any atom is 0.242 e. The third-order valence-corrected chi connectivity index (χ3v) is 7.50. The van der Waals surface area contributed by atoms with E-state index in [-0.39, 0.29) is 24.3 Å². The Morgan fingerprint density at radius 1 is 0.921 bits per heavy atom. The van der Waals surface area contributed by atoms with Crippen molar-refractivity contribution in [3.63, 3.8) is 0 Å². The fraction of sp³-hybridized carbons (Fsp3) is 0.400. The summed E-state index contributed by atoms with van der Waals surface area (Å²) in [6.07, 6.45) is 3.78. The highest BCUT2D eigenvalue weighted by Crippen LogP contribution is 2.29. The Kier molecular flexibility index (Phi) is 8.16. The highest BCUT2D eigenvalue weighted by Gasteiger charge is 2.31. The number of rotatable bonds is 8. The van der Waals surface area contributed by atoms with E-state index in [4.69, 9.17) is 4.74 Å². The van der Waals surface area contributed by atoms with E-state index in [1.807, 2.05) is 71.6 Å². The first kappa shape index (κ1) is 25.7. The van der Waals surface area contributed by atoms with Gasteiger partial charge >= 0.3 is 0 Å². The summed E-state index contributed by atoms with van der Waals surface area (Å²) in [6, 6.07) is 21.6. The van der Waals surface area contributed by atoms with Gasteiger partial charge in [0.2, 0.25) is 11.8 Å². The zero-order chi connectivity index (χ0) is 26.3. The molecule has 0 N–H and O–H groups in total. The molecule has 0 atom stereocenters. The van der Waals surface area contributed by atoms with Crippen LogP contribution in [-0.2, 0) is 16.1 Å². The van der Waals surface area contributed by atoms with Crippen LogP contribution in [0.15, 0.2) is 66.7 Å². The second kappa shape index (κ2) is 12.1. The lowest BCUT2D eigenvalue weighted by Crippen LogP contribution is -2.46. The van der Waals surface area contributed by atoms with Crippen molar-refractivity contribution in [3.05, 3.63) is 72.3 Å². The van der Waals surface area contributed by atoms with Gasteiger partial charge in [-0.25, -0.2) is 0 Å². The second-order valence-corrected chi connectivity index (χ2v) is 10.0. The van der Waals surface area contributed by atoms with E-state index in [9.17, 15) is 9.59 Å². The second-order valence-electron chi connectivity index (χ2n) is 10.0. The van der Waals surface area contributed by atoms with E-state index in [0.29, 0.717) is 26.2 Å². The Labute approximate surface area is 224 Å². The Hall–Kier alpha value is -3.94. The van der Waals surface area contributed by atoms with Crippen LogP contribution in [0.3, 0.4) is 0 Å². The number of aromatic nitrogens is 2. The molecule has 2 fully saturated rings. The summed E-state index contributed by atoms with van der Waals surface area (Å²) in [6.45, 7) is 3.33. The van der Waals surface area contributed by atoms with Crippen LogP contribution < -0.4 is 9.64 Å². The maximum absolute atomic E-state index is 13.4. The zero-order valence-electron chi connectivity index (χ0n) is 22.0. The molecule has 0 unspecified atom stereocenters. The van der Waals surface area contributed by atoms with Gasteiger partial charge < -0.3 is 19.4 Å². The fourth-order valence-electron chi connectivity index (χ4n) is 5.02. The molecule has 198 valence electrons. The molecular formula is C30H35N5O3. The Morgan fingerprint density at radius 3 is 2.47 bits per heavy atom. The van der Waals surface area contributed by atoms with Crippen LogP contribution in [0.25, 0.3) is 11.3 Å². The van der Waals surface area contributed by atoms with Gasteiger partial charge in [-0.2, -0.15) is 0 Å². The van der Waals surface area contributed by atoms with Gasteiger partial charge in [0.1, 0.15) is 12.3 Å². The molecule has 1 saturated heterocycles. The molecule has 8 nitrogen and oxygen atoms in total. The molecule has 0 radical (unpaired) electrons. The molecule has 2 heterocycles. The van der Waals surface area contributed by atoms with Crippen LogP contribution in [0, 0.1) is 5.92 Å². The standard InChI is InChI=1S/C30H35N5O3/c1-38-26-13-6-12-25(20-26)27-14-15-28(32-31-27)33-16-7-17-34(19-18-33)29(36)22-35(30(37)24-10-5-11-24)21-23-8-3-2-4-9-23/h2-4,6,8-9,12-15,20,24H,5,7,10-11,16-19,21-22H2,1H3. The van der Waals surface area contributed by atoms with Crippen LogP contribution in [-0.4, -0.2) is 71.6 Å². The number of methoxy groups -OCH3 is 1. The molecule has 2 amide bonds. The lowest BCUT2D eigenvalue weighted by molar-refractivity contribution is -0.145. The number of carbonyl (C=O) groups is 2. The van der Waals surface area contributed by atoms with Crippen molar-refractivity contribution < 1.29 is 14.3 Å². The summed E-state index contributed by atoms with van der Waals surface area (Å²) in [5.74, 6) is 1.76. The number of ether oxygens (including phenoxy) is 1. The Balaban J connectivity index is 1.20. The van der Waals surface area contributed by atoms with Gasteiger partial charge in [0.25, 0.3) is 0 Å². The highest BCUT2D eigenvalue weighted by molar-refractivity contribution is 5.86. The van der Waals surface area contributed by atoms with Crippen molar-refractivity contribution >= 4 is 17.6 Å². The molecule has 0 bridgehead atoms. The van der Waals surface area contributed by atoms with Gasteiger partial charge in [-0.05, 0) is 49.1 Å². The molecule has 3 aromatic rings. The summed E-state index contributed by atoms with van der Waals surface area (Å²) < 4.78 is 5.32. The lowest BCUT2D eigenvalue weighted by Gasteiger charge is -2.33. The molecule has 2 aliphatic rings. The molecule has 2 aromatic carbocycles. The van der Waals surface area contributed by atoms with E-state index in [1.165, 1.54) is 0 Å². The third-order valence-electron chi connectivity index (χ3n) is 7.50. The van der Waals surface area contributed by atoms with Crippen LogP contribution in [0.5, 0.6) is 5.75 Å². The average Bonchev–Trinajstić information content (AvgIpc) is 3.19. The third kappa shape index (κ3) is 6.13. The Bertz CT molecular complexity index is 1230. The van der Waals surface area contributed by atoms with E-state index in [1.54, 1.807) is 12.0 Å². The molecule has 38 heavy (non-hydrogen) atoms. The highest BCUT2D eigenvalue weighted by atomic mass is 16.5.